The van der Waals surface area contributed by atoms with Crippen LogP contribution in [-0.2, 0) is 14.3 Å². The van der Waals surface area contributed by atoms with Gasteiger partial charge in [0.25, 0.3) is 0 Å². The first-order valence-electron chi connectivity index (χ1n) is 8.67. The highest BCUT2D eigenvalue weighted by molar-refractivity contribution is 5.80. The average molecular weight is 340 g/mol. The van der Waals surface area contributed by atoms with Crippen molar-refractivity contribution in [1.29, 1.82) is 0 Å². The van der Waals surface area contributed by atoms with E-state index in [0.717, 1.165) is 12.8 Å². The van der Waals surface area contributed by atoms with Crippen LogP contribution in [0.3, 0.4) is 0 Å². The molecule has 1 unspecified atom stereocenters. The zero-order valence-corrected chi connectivity index (χ0v) is 14.8. The van der Waals surface area contributed by atoms with Gasteiger partial charge in [0.05, 0.1) is 11.8 Å². The molecule has 7 heteroatoms. The Bertz CT molecular complexity index is 492. The molecule has 1 N–H and O–H groups in total. The Kier molecular flexibility index (Phi) is 5.72. The first kappa shape index (κ1) is 18.5. The molecule has 0 aromatic heterocycles. The second-order valence-electron chi connectivity index (χ2n) is 7.70. The monoisotopic (exact) mass is 340 g/mol. The molecule has 2 heterocycles. The fourth-order valence-electron chi connectivity index (χ4n) is 3.28. The fourth-order valence-corrected chi connectivity index (χ4v) is 3.28. The molecule has 7 nitrogen and oxygen atoms in total. The van der Waals surface area contributed by atoms with Gasteiger partial charge >= 0.3 is 12.1 Å². The number of carboxylic acid groups (broad SMARTS) is 1. The van der Waals surface area contributed by atoms with E-state index in [9.17, 15) is 14.4 Å². The topological polar surface area (TPSA) is 87.2 Å². The maximum absolute atomic E-state index is 12.7. The fraction of sp³-hybridized carbons (Fsp3) is 0.824. The van der Waals surface area contributed by atoms with Crippen molar-refractivity contribution >= 4 is 18.0 Å². The van der Waals surface area contributed by atoms with E-state index in [1.807, 2.05) is 20.8 Å². The molecule has 2 aliphatic heterocycles. The van der Waals surface area contributed by atoms with Crippen LogP contribution in [0.25, 0.3) is 0 Å². The summed E-state index contributed by atoms with van der Waals surface area (Å²) in [4.78, 5) is 39.2. The van der Waals surface area contributed by atoms with E-state index in [1.165, 1.54) is 0 Å². The number of hydrogen-bond acceptors (Lipinski definition) is 4. The maximum atomic E-state index is 12.7. The van der Waals surface area contributed by atoms with Gasteiger partial charge in [-0.2, -0.15) is 0 Å². The number of rotatable bonds is 2. The van der Waals surface area contributed by atoms with E-state index < -0.39 is 11.6 Å². The van der Waals surface area contributed by atoms with Gasteiger partial charge in [-0.1, -0.05) is 0 Å². The van der Waals surface area contributed by atoms with Crippen LogP contribution in [0.2, 0.25) is 0 Å². The van der Waals surface area contributed by atoms with E-state index in [2.05, 4.69) is 0 Å². The number of aliphatic carboxylic acids is 1. The highest BCUT2D eigenvalue weighted by Gasteiger charge is 2.35. The highest BCUT2D eigenvalue weighted by atomic mass is 16.6. The van der Waals surface area contributed by atoms with Gasteiger partial charge in [0, 0.05) is 26.2 Å². The van der Waals surface area contributed by atoms with Gasteiger partial charge in [0.15, 0.2) is 0 Å². The largest absolute Gasteiger partial charge is 0.481 e. The van der Waals surface area contributed by atoms with Gasteiger partial charge in [-0.25, -0.2) is 4.79 Å². The van der Waals surface area contributed by atoms with Gasteiger partial charge in [-0.05, 0) is 46.5 Å². The maximum Gasteiger partial charge on any atom is 0.410 e. The number of carbonyl (C=O) groups is 3. The molecule has 0 aliphatic carbocycles. The number of hydrogen-bond donors (Lipinski definition) is 1. The molecule has 2 aliphatic rings. The minimum absolute atomic E-state index is 0.0343. The lowest BCUT2D eigenvalue weighted by Crippen LogP contribution is -2.49. The molecule has 2 fully saturated rings. The summed E-state index contributed by atoms with van der Waals surface area (Å²) >= 11 is 0. The first-order chi connectivity index (χ1) is 11.2. The van der Waals surface area contributed by atoms with Gasteiger partial charge in [0.1, 0.15) is 5.60 Å². The smallest absolute Gasteiger partial charge is 0.410 e. The molecule has 136 valence electrons. The second kappa shape index (κ2) is 7.40. The van der Waals surface area contributed by atoms with Crippen molar-refractivity contribution in [3.05, 3.63) is 0 Å². The zero-order valence-electron chi connectivity index (χ0n) is 14.8. The van der Waals surface area contributed by atoms with Crippen molar-refractivity contribution in [2.75, 3.05) is 26.2 Å². The first-order valence-corrected chi connectivity index (χ1v) is 8.67. The average Bonchev–Trinajstić information content (AvgIpc) is 2.53. The molecular weight excluding hydrogens is 312 g/mol. The number of carbonyl (C=O) groups excluding carboxylic acids is 2. The Labute approximate surface area is 142 Å². The zero-order chi connectivity index (χ0) is 17.9. The second-order valence-corrected chi connectivity index (χ2v) is 7.70. The molecule has 0 spiro atoms. The molecule has 24 heavy (non-hydrogen) atoms. The van der Waals surface area contributed by atoms with Crippen LogP contribution in [0, 0.1) is 11.8 Å². The van der Waals surface area contributed by atoms with Crippen molar-refractivity contribution in [1.82, 2.24) is 9.80 Å². The Morgan fingerprint density at radius 3 is 2.12 bits per heavy atom. The van der Waals surface area contributed by atoms with E-state index >= 15 is 0 Å². The van der Waals surface area contributed by atoms with Crippen molar-refractivity contribution in [2.24, 2.45) is 11.8 Å². The summed E-state index contributed by atoms with van der Waals surface area (Å²) in [6, 6.07) is 0. The molecule has 0 radical (unpaired) electrons. The normalized spacial score (nSPS) is 23.0. The van der Waals surface area contributed by atoms with Gasteiger partial charge in [0.2, 0.25) is 5.91 Å². The number of nitrogens with zero attached hydrogens (tertiary/aromatic N) is 2. The molecule has 1 atom stereocenters. The lowest BCUT2D eigenvalue weighted by Gasteiger charge is -2.37. The minimum atomic E-state index is -0.782. The van der Waals surface area contributed by atoms with Crippen LogP contribution in [0.15, 0.2) is 0 Å². The van der Waals surface area contributed by atoms with E-state index in [4.69, 9.17) is 9.84 Å². The summed E-state index contributed by atoms with van der Waals surface area (Å²) in [6.45, 7) is 7.43. The minimum Gasteiger partial charge on any atom is -0.481 e. The summed E-state index contributed by atoms with van der Waals surface area (Å²) in [5.74, 6) is -1.31. The van der Waals surface area contributed by atoms with Crippen LogP contribution < -0.4 is 0 Å². The molecule has 0 aromatic rings. The van der Waals surface area contributed by atoms with Gasteiger partial charge in [-0.15, -0.1) is 0 Å². The molecule has 0 bridgehead atoms. The van der Waals surface area contributed by atoms with E-state index in [1.54, 1.807) is 9.80 Å². The third-order valence-corrected chi connectivity index (χ3v) is 4.58. The highest BCUT2D eigenvalue weighted by Crippen LogP contribution is 2.24. The van der Waals surface area contributed by atoms with Crippen LogP contribution in [-0.4, -0.2) is 64.7 Å². The van der Waals surface area contributed by atoms with Crippen LogP contribution in [0.5, 0.6) is 0 Å². The Balaban J connectivity index is 1.89. The van der Waals surface area contributed by atoms with Crippen LogP contribution >= 0.6 is 0 Å². The van der Waals surface area contributed by atoms with Crippen LogP contribution in [0.4, 0.5) is 4.79 Å². The molecule has 2 amide bonds. The molecule has 0 saturated carbocycles. The summed E-state index contributed by atoms with van der Waals surface area (Å²) in [5.41, 5.74) is -0.549. The molecule has 2 saturated heterocycles. The van der Waals surface area contributed by atoms with Crippen LogP contribution in [0.1, 0.15) is 46.5 Å². The number of carboxylic acids is 1. The third kappa shape index (κ3) is 4.85. The number of piperidine rings is 2. The summed E-state index contributed by atoms with van der Waals surface area (Å²) in [6.07, 6.45) is 2.18. The quantitative estimate of drug-likeness (QED) is 0.830. The summed E-state index contributed by atoms with van der Waals surface area (Å²) < 4.78 is 5.39. The lowest BCUT2D eigenvalue weighted by atomic mass is 9.93. The SMILES string of the molecule is CC(C)(C)OC(=O)N1CCCC(C(=O)N2CCC(C(=O)O)CC2)C1. The Morgan fingerprint density at radius 1 is 0.958 bits per heavy atom. The standard InChI is InChI=1S/C17H28N2O5/c1-17(2,3)24-16(23)19-8-4-5-13(11-19)14(20)18-9-6-12(7-10-18)15(21)22/h12-13H,4-11H2,1-3H3,(H,21,22). The Morgan fingerprint density at radius 2 is 1.58 bits per heavy atom. The van der Waals surface area contributed by atoms with E-state index in [0.29, 0.717) is 39.0 Å². The van der Waals surface area contributed by atoms with E-state index in [-0.39, 0.29) is 23.8 Å². The van der Waals surface area contributed by atoms with Gasteiger partial charge < -0.3 is 19.6 Å². The van der Waals surface area contributed by atoms with Crippen molar-refractivity contribution in [3.63, 3.8) is 0 Å². The van der Waals surface area contributed by atoms with Crippen molar-refractivity contribution in [3.8, 4) is 0 Å². The number of likely N-dealkylation sites (tertiary alicyclic amines) is 2. The number of ether oxygens (including phenoxy) is 1. The molecule has 0 aromatic carbocycles. The Hall–Kier alpha value is -1.79. The predicted molar refractivity (Wildman–Crippen MR) is 87.5 cm³/mol. The summed E-state index contributed by atoms with van der Waals surface area (Å²) in [5, 5.41) is 9.04. The lowest BCUT2D eigenvalue weighted by molar-refractivity contribution is -0.147. The molecule has 2 rings (SSSR count). The molecular formula is C17H28N2O5. The number of amides is 2. The predicted octanol–water partition coefficient (Wildman–Crippen LogP) is 1.96. The third-order valence-electron chi connectivity index (χ3n) is 4.58. The van der Waals surface area contributed by atoms with Gasteiger partial charge in [-0.3, -0.25) is 9.59 Å². The van der Waals surface area contributed by atoms with Crippen molar-refractivity contribution in [2.45, 2.75) is 52.1 Å². The summed E-state index contributed by atoms with van der Waals surface area (Å²) in [7, 11) is 0. The van der Waals surface area contributed by atoms with Crippen molar-refractivity contribution < 1.29 is 24.2 Å².